The molecule has 0 aromatic heterocycles. The van der Waals surface area contributed by atoms with Crippen molar-refractivity contribution in [3.63, 3.8) is 0 Å². The number of rotatable bonds is 5. The van der Waals surface area contributed by atoms with E-state index in [4.69, 9.17) is 4.74 Å². The van der Waals surface area contributed by atoms with E-state index < -0.39 is 9.84 Å². The molecule has 0 N–H and O–H groups in total. The normalized spacial score (nSPS) is 15.4. The van der Waals surface area contributed by atoms with Crippen LogP contribution in [0.5, 0.6) is 5.75 Å². The first kappa shape index (κ1) is 15.8. The molecule has 1 aliphatic heterocycles. The Kier molecular flexibility index (Phi) is 4.50. The van der Waals surface area contributed by atoms with Gasteiger partial charge >= 0.3 is 0 Å². The van der Waals surface area contributed by atoms with Gasteiger partial charge in [-0.2, -0.15) is 0 Å². The summed E-state index contributed by atoms with van der Waals surface area (Å²) in [5.41, 5.74) is 1.06. The molecule has 4 nitrogen and oxygen atoms in total. The number of benzene rings is 2. The van der Waals surface area contributed by atoms with E-state index in [-0.39, 0.29) is 0 Å². The standard InChI is InChI=1S/C18H19NO3S/c1-22-18-10-6-5-7-15(18)13-19-12-11-17(14-19)23(20,21)16-8-3-2-4-9-16/h2-11H,12-14H2,1H3. The molecule has 0 aliphatic carbocycles. The smallest absolute Gasteiger partial charge is 0.203 e. The summed E-state index contributed by atoms with van der Waals surface area (Å²) in [4.78, 5) is 2.91. The molecule has 0 bridgehead atoms. The number of nitrogens with zero attached hydrogens (tertiary/aromatic N) is 1. The Balaban J connectivity index is 1.73. The number of hydrogen-bond acceptors (Lipinski definition) is 4. The second-order valence-electron chi connectivity index (χ2n) is 5.47. The molecule has 2 aromatic carbocycles. The van der Waals surface area contributed by atoms with E-state index in [0.717, 1.165) is 11.3 Å². The molecular formula is C18H19NO3S. The Morgan fingerprint density at radius 2 is 1.74 bits per heavy atom. The van der Waals surface area contributed by atoms with Crippen molar-refractivity contribution in [1.29, 1.82) is 0 Å². The van der Waals surface area contributed by atoms with Crippen LogP contribution in [0.3, 0.4) is 0 Å². The van der Waals surface area contributed by atoms with Crippen LogP contribution in [0.25, 0.3) is 0 Å². The third kappa shape index (κ3) is 3.30. The van der Waals surface area contributed by atoms with Gasteiger partial charge in [0, 0.05) is 25.2 Å². The molecule has 1 heterocycles. The van der Waals surface area contributed by atoms with Crippen molar-refractivity contribution >= 4 is 9.84 Å². The summed E-state index contributed by atoms with van der Waals surface area (Å²) in [7, 11) is -1.75. The highest BCUT2D eigenvalue weighted by atomic mass is 32.2. The van der Waals surface area contributed by atoms with Crippen LogP contribution < -0.4 is 4.74 Å². The topological polar surface area (TPSA) is 46.6 Å². The minimum Gasteiger partial charge on any atom is -0.496 e. The highest BCUT2D eigenvalue weighted by Gasteiger charge is 2.26. The van der Waals surface area contributed by atoms with Gasteiger partial charge in [-0.1, -0.05) is 42.5 Å². The van der Waals surface area contributed by atoms with Crippen molar-refractivity contribution in [3.8, 4) is 5.75 Å². The van der Waals surface area contributed by atoms with Gasteiger partial charge < -0.3 is 4.74 Å². The predicted molar refractivity (Wildman–Crippen MR) is 90.0 cm³/mol. The lowest BCUT2D eigenvalue weighted by atomic mass is 10.2. The summed E-state index contributed by atoms with van der Waals surface area (Å²) in [5, 5.41) is 0. The zero-order chi connectivity index (χ0) is 16.3. The van der Waals surface area contributed by atoms with Gasteiger partial charge in [0.25, 0.3) is 0 Å². The van der Waals surface area contributed by atoms with Crippen molar-refractivity contribution < 1.29 is 13.2 Å². The van der Waals surface area contributed by atoms with Gasteiger partial charge in [-0.3, -0.25) is 4.90 Å². The van der Waals surface area contributed by atoms with Gasteiger partial charge in [0.15, 0.2) is 0 Å². The Labute approximate surface area is 136 Å². The fourth-order valence-electron chi connectivity index (χ4n) is 2.72. The van der Waals surface area contributed by atoms with Crippen LogP contribution in [0.15, 0.2) is 70.5 Å². The fraction of sp³-hybridized carbons (Fsp3) is 0.222. The molecule has 5 heteroatoms. The quantitative estimate of drug-likeness (QED) is 0.846. The first-order chi connectivity index (χ1) is 11.1. The lowest BCUT2D eigenvalue weighted by molar-refractivity contribution is 0.331. The van der Waals surface area contributed by atoms with Crippen LogP contribution in [0, 0.1) is 0 Å². The van der Waals surface area contributed by atoms with Gasteiger partial charge in [0.1, 0.15) is 5.75 Å². The highest BCUT2D eigenvalue weighted by Crippen LogP contribution is 2.26. The summed E-state index contributed by atoms with van der Waals surface area (Å²) in [6.07, 6.45) is 1.80. The maximum Gasteiger partial charge on any atom is 0.203 e. The van der Waals surface area contributed by atoms with Crippen LogP contribution in [0.2, 0.25) is 0 Å². The number of ether oxygens (including phenoxy) is 1. The van der Waals surface area contributed by atoms with Gasteiger partial charge in [0.2, 0.25) is 9.84 Å². The van der Waals surface area contributed by atoms with Crippen molar-refractivity contribution in [3.05, 3.63) is 71.1 Å². The van der Waals surface area contributed by atoms with E-state index in [1.54, 1.807) is 37.5 Å². The summed E-state index contributed by atoms with van der Waals surface area (Å²) in [5.74, 6) is 0.826. The molecule has 120 valence electrons. The Morgan fingerprint density at radius 1 is 1.04 bits per heavy atom. The molecule has 0 amide bonds. The highest BCUT2D eigenvalue weighted by molar-refractivity contribution is 7.95. The Morgan fingerprint density at radius 3 is 2.48 bits per heavy atom. The van der Waals surface area contributed by atoms with Crippen LogP contribution in [0.1, 0.15) is 5.56 Å². The van der Waals surface area contributed by atoms with E-state index in [1.165, 1.54) is 0 Å². The number of methoxy groups -OCH3 is 1. The average Bonchev–Trinajstić information content (AvgIpc) is 3.05. The van der Waals surface area contributed by atoms with E-state index >= 15 is 0 Å². The Bertz CT molecular complexity index is 813. The lowest BCUT2D eigenvalue weighted by Gasteiger charge is -2.17. The van der Waals surface area contributed by atoms with E-state index in [0.29, 0.717) is 29.4 Å². The third-order valence-electron chi connectivity index (χ3n) is 3.94. The summed E-state index contributed by atoms with van der Waals surface area (Å²) in [6, 6.07) is 16.4. The van der Waals surface area contributed by atoms with Gasteiger partial charge in [-0.05, 0) is 18.2 Å². The number of para-hydroxylation sites is 1. The zero-order valence-electron chi connectivity index (χ0n) is 13.0. The van der Waals surface area contributed by atoms with Gasteiger partial charge in [-0.25, -0.2) is 8.42 Å². The minimum atomic E-state index is -3.39. The molecular weight excluding hydrogens is 310 g/mol. The molecule has 3 rings (SSSR count). The third-order valence-corrected chi connectivity index (χ3v) is 5.82. The number of sulfone groups is 1. The van der Waals surface area contributed by atoms with E-state index in [1.807, 2.05) is 30.3 Å². The minimum absolute atomic E-state index is 0.352. The zero-order valence-corrected chi connectivity index (χ0v) is 13.8. The first-order valence-electron chi connectivity index (χ1n) is 7.44. The molecule has 0 spiro atoms. The van der Waals surface area contributed by atoms with Gasteiger partial charge in [-0.15, -0.1) is 0 Å². The monoisotopic (exact) mass is 329 g/mol. The molecule has 2 aromatic rings. The molecule has 0 unspecified atom stereocenters. The van der Waals surface area contributed by atoms with Crippen molar-refractivity contribution in [2.75, 3.05) is 20.2 Å². The SMILES string of the molecule is COc1ccccc1CN1CC=C(S(=O)(=O)c2ccccc2)C1. The van der Waals surface area contributed by atoms with E-state index in [9.17, 15) is 8.42 Å². The Hall–Kier alpha value is -2.11. The predicted octanol–water partition coefficient (Wildman–Crippen LogP) is 2.87. The number of hydrogen-bond donors (Lipinski definition) is 0. The van der Waals surface area contributed by atoms with Crippen molar-refractivity contribution in [2.45, 2.75) is 11.4 Å². The second kappa shape index (κ2) is 6.56. The summed E-state index contributed by atoms with van der Waals surface area (Å²) < 4.78 is 30.6. The second-order valence-corrected chi connectivity index (χ2v) is 7.47. The van der Waals surface area contributed by atoms with Crippen LogP contribution in [-0.2, 0) is 16.4 Å². The average molecular weight is 329 g/mol. The molecule has 0 saturated carbocycles. The molecule has 0 saturated heterocycles. The molecule has 0 radical (unpaired) electrons. The van der Waals surface area contributed by atoms with E-state index in [2.05, 4.69) is 4.90 Å². The summed E-state index contributed by atoms with van der Waals surface area (Å²) >= 11 is 0. The van der Waals surface area contributed by atoms with Crippen molar-refractivity contribution in [2.24, 2.45) is 0 Å². The summed E-state index contributed by atoms with van der Waals surface area (Å²) in [6.45, 7) is 1.71. The molecule has 0 fully saturated rings. The lowest BCUT2D eigenvalue weighted by Crippen LogP contribution is -2.22. The molecule has 1 aliphatic rings. The maximum atomic E-state index is 12.6. The van der Waals surface area contributed by atoms with Crippen LogP contribution in [0.4, 0.5) is 0 Å². The van der Waals surface area contributed by atoms with Crippen LogP contribution >= 0.6 is 0 Å². The fourth-order valence-corrected chi connectivity index (χ4v) is 4.19. The largest absolute Gasteiger partial charge is 0.496 e. The van der Waals surface area contributed by atoms with Gasteiger partial charge in [0.05, 0.1) is 16.9 Å². The molecule has 0 atom stereocenters. The maximum absolute atomic E-state index is 12.6. The molecule has 23 heavy (non-hydrogen) atoms. The van der Waals surface area contributed by atoms with Crippen molar-refractivity contribution in [1.82, 2.24) is 4.90 Å². The first-order valence-corrected chi connectivity index (χ1v) is 8.93. The van der Waals surface area contributed by atoms with Crippen LogP contribution in [-0.4, -0.2) is 33.5 Å².